The van der Waals surface area contributed by atoms with Crippen LogP contribution in [0.4, 0.5) is 0 Å². The van der Waals surface area contributed by atoms with Gasteiger partial charge < -0.3 is 15.0 Å². The highest BCUT2D eigenvalue weighted by molar-refractivity contribution is 5.84. The standard InChI is InChI=1S/C17H22N2O2/c1-12(16-7-4-10-21-16)19-17(20)9-8-13-11-18-15-6-3-2-5-14(13)15/h2-3,5-6,11-12,16,18H,4,7-10H2,1H3,(H,19,20). The van der Waals surface area contributed by atoms with Gasteiger partial charge in [0.1, 0.15) is 0 Å². The Morgan fingerprint density at radius 1 is 1.48 bits per heavy atom. The van der Waals surface area contributed by atoms with Crippen molar-refractivity contribution in [3.8, 4) is 0 Å². The number of hydrogen-bond donors (Lipinski definition) is 2. The Kier molecular flexibility index (Phi) is 4.25. The largest absolute Gasteiger partial charge is 0.376 e. The van der Waals surface area contributed by atoms with Gasteiger partial charge in [0.05, 0.1) is 12.1 Å². The molecular weight excluding hydrogens is 264 g/mol. The van der Waals surface area contributed by atoms with Gasteiger partial charge in [0.15, 0.2) is 0 Å². The van der Waals surface area contributed by atoms with Gasteiger partial charge in [0.2, 0.25) is 5.91 Å². The number of carbonyl (C=O) groups is 1. The van der Waals surface area contributed by atoms with Crippen LogP contribution in [0.5, 0.6) is 0 Å². The number of aryl methyl sites for hydroxylation is 1. The molecule has 4 nitrogen and oxygen atoms in total. The highest BCUT2D eigenvalue weighted by Crippen LogP contribution is 2.19. The van der Waals surface area contributed by atoms with Crippen molar-refractivity contribution in [1.82, 2.24) is 10.3 Å². The van der Waals surface area contributed by atoms with Gasteiger partial charge in [-0.2, -0.15) is 0 Å². The molecule has 0 saturated carbocycles. The van der Waals surface area contributed by atoms with Gasteiger partial charge in [-0.25, -0.2) is 0 Å². The monoisotopic (exact) mass is 286 g/mol. The van der Waals surface area contributed by atoms with Gasteiger partial charge in [-0.3, -0.25) is 4.79 Å². The van der Waals surface area contributed by atoms with Gasteiger partial charge in [-0.15, -0.1) is 0 Å². The maximum Gasteiger partial charge on any atom is 0.220 e. The van der Waals surface area contributed by atoms with E-state index in [1.807, 2.05) is 25.3 Å². The number of ether oxygens (including phenoxy) is 1. The topological polar surface area (TPSA) is 54.1 Å². The van der Waals surface area contributed by atoms with Crippen LogP contribution in [-0.4, -0.2) is 29.6 Å². The van der Waals surface area contributed by atoms with E-state index in [9.17, 15) is 4.79 Å². The Balaban J connectivity index is 1.53. The van der Waals surface area contributed by atoms with Gasteiger partial charge in [0.25, 0.3) is 0 Å². The van der Waals surface area contributed by atoms with Crippen molar-refractivity contribution in [3.05, 3.63) is 36.0 Å². The maximum atomic E-state index is 12.1. The molecule has 0 aliphatic carbocycles. The predicted molar refractivity (Wildman–Crippen MR) is 83.2 cm³/mol. The van der Waals surface area contributed by atoms with Gasteiger partial charge in [-0.05, 0) is 37.8 Å². The van der Waals surface area contributed by atoms with Crippen molar-refractivity contribution < 1.29 is 9.53 Å². The number of benzene rings is 1. The third-order valence-electron chi connectivity index (χ3n) is 4.21. The lowest BCUT2D eigenvalue weighted by Gasteiger charge is -2.19. The van der Waals surface area contributed by atoms with E-state index in [4.69, 9.17) is 4.74 Å². The number of fused-ring (bicyclic) bond motifs is 1. The Labute approximate surface area is 124 Å². The summed E-state index contributed by atoms with van der Waals surface area (Å²) in [7, 11) is 0. The summed E-state index contributed by atoms with van der Waals surface area (Å²) < 4.78 is 5.60. The summed E-state index contributed by atoms with van der Waals surface area (Å²) in [5.74, 6) is 0.100. The molecule has 4 heteroatoms. The molecule has 1 aromatic carbocycles. The summed E-state index contributed by atoms with van der Waals surface area (Å²) in [4.78, 5) is 15.3. The first-order chi connectivity index (χ1) is 10.2. The molecule has 2 unspecified atom stereocenters. The first-order valence-corrected chi connectivity index (χ1v) is 7.70. The number of rotatable bonds is 5. The molecule has 2 aromatic rings. The molecule has 1 aliphatic rings. The van der Waals surface area contributed by atoms with E-state index in [0.717, 1.165) is 31.4 Å². The molecule has 0 spiro atoms. The second-order valence-electron chi connectivity index (χ2n) is 5.77. The summed E-state index contributed by atoms with van der Waals surface area (Å²) in [5, 5.41) is 4.26. The van der Waals surface area contributed by atoms with Crippen LogP contribution in [0.3, 0.4) is 0 Å². The number of H-pyrrole nitrogens is 1. The number of amides is 1. The number of para-hydroxylation sites is 1. The van der Waals surface area contributed by atoms with E-state index >= 15 is 0 Å². The summed E-state index contributed by atoms with van der Waals surface area (Å²) in [6.07, 6.45) is 5.60. The SMILES string of the molecule is CC(NC(=O)CCc1c[nH]c2ccccc12)C1CCCO1. The Hall–Kier alpha value is -1.81. The van der Waals surface area contributed by atoms with Crippen LogP contribution < -0.4 is 5.32 Å². The molecule has 112 valence electrons. The molecule has 2 atom stereocenters. The smallest absolute Gasteiger partial charge is 0.220 e. The predicted octanol–water partition coefficient (Wildman–Crippen LogP) is 2.78. The Bertz CT molecular complexity index is 614. The third-order valence-corrected chi connectivity index (χ3v) is 4.21. The first-order valence-electron chi connectivity index (χ1n) is 7.70. The summed E-state index contributed by atoms with van der Waals surface area (Å²) in [6.45, 7) is 2.85. The van der Waals surface area contributed by atoms with E-state index in [2.05, 4.69) is 22.4 Å². The molecule has 3 rings (SSSR count). The highest BCUT2D eigenvalue weighted by Gasteiger charge is 2.23. The van der Waals surface area contributed by atoms with Crippen molar-refractivity contribution in [2.45, 2.75) is 44.8 Å². The van der Waals surface area contributed by atoms with Crippen molar-refractivity contribution in [2.75, 3.05) is 6.61 Å². The lowest BCUT2D eigenvalue weighted by Crippen LogP contribution is -2.40. The molecule has 1 amide bonds. The van der Waals surface area contributed by atoms with Crippen LogP contribution in [0.2, 0.25) is 0 Å². The zero-order valence-corrected chi connectivity index (χ0v) is 12.4. The molecule has 1 fully saturated rings. The fourth-order valence-electron chi connectivity index (χ4n) is 3.00. The quantitative estimate of drug-likeness (QED) is 0.888. The Morgan fingerprint density at radius 2 is 2.33 bits per heavy atom. The third kappa shape index (κ3) is 3.27. The second kappa shape index (κ2) is 6.31. The molecular formula is C17H22N2O2. The van der Waals surface area contributed by atoms with Crippen molar-refractivity contribution in [1.29, 1.82) is 0 Å². The van der Waals surface area contributed by atoms with Crippen molar-refractivity contribution in [2.24, 2.45) is 0 Å². The van der Waals surface area contributed by atoms with Crippen LogP contribution in [0.1, 0.15) is 31.7 Å². The van der Waals surface area contributed by atoms with E-state index in [-0.39, 0.29) is 18.1 Å². The van der Waals surface area contributed by atoms with Crippen LogP contribution in [0.25, 0.3) is 10.9 Å². The first kappa shape index (κ1) is 14.1. The summed E-state index contributed by atoms with van der Waals surface area (Å²) >= 11 is 0. The zero-order chi connectivity index (χ0) is 14.7. The maximum absolute atomic E-state index is 12.1. The molecule has 21 heavy (non-hydrogen) atoms. The Morgan fingerprint density at radius 3 is 3.14 bits per heavy atom. The second-order valence-corrected chi connectivity index (χ2v) is 5.77. The average Bonchev–Trinajstić information content (AvgIpc) is 3.15. The van der Waals surface area contributed by atoms with Crippen molar-refractivity contribution >= 4 is 16.8 Å². The summed E-state index contributed by atoms with van der Waals surface area (Å²) in [6, 6.07) is 8.28. The molecule has 2 heterocycles. The number of nitrogens with one attached hydrogen (secondary N) is 2. The molecule has 2 N–H and O–H groups in total. The lowest BCUT2D eigenvalue weighted by molar-refractivity contribution is -0.122. The number of carbonyl (C=O) groups excluding carboxylic acids is 1. The van der Waals surface area contributed by atoms with Crippen LogP contribution in [-0.2, 0) is 16.0 Å². The number of aromatic amines is 1. The highest BCUT2D eigenvalue weighted by atomic mass is 16.5. The number of aromatic nitrogens is 1. The zero-order valence-electron chi connectivity index (χ0n) is 12.4. The molecule has 1 aliphatic heterocycles. The average molecular weight is 286 g/mol. The van der Waals surface area contributed by atoms with Crippen LogP contribution >= 0.6 is 0 Å². The van der Waals surface area contributed by atoms with Gasteiger partial charge >= 0.3 is 0 Å². The molecule has 0 bridgehead atoms. The molecule has 1 aromatic heterocycles. The van der Waals surface area contributed by atoms with E-state index in [0.29, 0.717) is 6.42 Å². The normalized spacial score (nSPS) is 19.8. The van der Waals surface area contributed by atoms with E-state index in [1.165, 1.54) is 10.9 Å². The fraction of sp³-hybridized carbons (Fsp3) is 0.471. The van der Waals surface area contributed by atoms with Crippen LogP contribution in [0, 0.1) is 0 Å². The molecule has 0 radical (unpaired) electrons. The minimum atomic E-state index is 0.1000. The van der Waals surface area contributed by atoms with Gasteiger partial charge in [-0.1, -0.05) is 18.2 Å². The fourth-order valence-corrected chi connectivity index (χ4v) is 3.00. The number of hydrogen-bond acceptors (Lipinski definition) is 2. The lowest BCUT2D eigenvalue weighted by atomic mass is 10.1. The van der Waals surface area contributed by atoms with E-state index < -0.39 is 0 Å². The van der Waals surface area contributed by atoms with E-state index in [1.54, 1.807) is 0 Å². The summed E-state index contributed by atoms with van der Waals surface area (Å²) in [5.41, 5.74) is 2.33. The minimum Gasteiger partial charge on any atom is -0.376 e. The van der Waals surface area contributed by atoms with Crippen molar-refractivity contribution in [3.63, 3.8) is 0 Å². The minimum absolute atomic E-state index is 0.1000. The van der Waals surface area contributed by atoms with Gasteiger partial charge in [0, 0.05) is 30.1 Å². The molecule has 1 saturated heterocycles. The van der Waals surface area contributed by atoms with Crippen LogP contribution in [0.15, 0.2) is 30.5 Å².